The fourth-order valence-corrected chi connectivity index (χ4v) is 1.83. The van der Waals surface area contributed by atoms with Gasteiger partial charge in [-0.05, 0) is 5.92 Å². The van der Waals surface area contributed by atoms with Crippen LogP contribution in [0.2, 0.25) is 0 Å². The molecule has 0 aromatic rings. The van der Waals surface area contributed by atoms with Gasteiger partial charge in [0.1, 0.15) is 0 Å². The van der Waals surface area contributed by atoms with Crippen molar-refractivity contribution in [3.63, 3.8) is 0 Å². The molecular formula is C13H22N2O. The Bertz CT molecular complexity index is 345. The van der Waals surface area contributed by atoms with Crippen LogP contribution in [0.4, 0.5) is 0 Å². The minimum atomic E-state index is -0.0864. The van der Waals surface area contributed by atoms with Crippen LogP contribution in [0.3, 0.4) is 0 Å². The summed E-state index contributed by atoms with van der Waals surface area (Å²) >= 11 is 0. The number of carbonyl (C=O) groups is 1. The summed E-state index contributed by atoms with van der Waals surface area (Å²) in [5, 5.41) is 0. The van der Waals surface area contributed by atoms with E-state index in [0.29, 0.717) is 6.54 Å². The van der Waals surface area contributed by atoms with Crippen LogP contribution >= 0.6 is 0 Å². The van der Waals surface area contributed by atoms with E-state index in [-0.39, 0.29) is 17.2 Å². The summed E-state index contributed by atoms with van der Waals surface area (Å²) in [6, 6.07) is 0. The second-order valence-electron chi connectivity index (χ2n) is 5.66. The number of allylic oxidation sites excluding steroid dienone is 1. The average molecular weight is 222 g/mol. The number of rotatable bonds is 1. The van der Waals surface area contributed by atoms with Crippen LogP contribution in [0, 0.1) is 11.3 Å². The number of hydrogen-bond acceptors (Lipinski definition) is 2. The molecule has 0 aromatic heterocycles. The van der Waals surface area contributed by atoms with Gasteiger partial charge in [-0.2, -0.15) is 0 Å². The molecule has 3 nitrogen and oxygen atoms in total. The van der Waals surface area contributed by atoms with E-state index in [9.17, 15) is 4.79 Å². The monoisotopic (exact) mass is 222 g/mol. The highest BCUT2D eigenvalue weighted by Crippen LogP contribution is 2.33. The molecule has 1 heterocycles. The number of carbonyl (C=O) groups excluding carboxylic acids is 1. The van der Waals surface area contributed by atoms with Gasteiger partial charge in [0.05, 0.1) is 12.2 Å². The molecule has 0 aliphatic carbocycles. The molecular weight excluding hydrogens is 200 g/mol. The normalized spacial score (nSPS) is 18.4. The molecule has 0 bridgehead atoms. The summed E-state index contributed by atoms with van der Waals surface area (Å²) in [6.45, 7) is 11.0. The maximum Gasteiger partial charge on any atom is 0.251 e. The summed E-state index contributed by atoms with van der Waals surface area (Å²) in [6.07, 6.45) is 1.83. The van der Waals surface area contributed by atoms with Gasteiger partial charge in [0, 0.05) is 24.3 Å². The number of likely N-dealkylation sites (N-methyl/N-ethyl adjacent to an activating group) is 1. The molecule has 0 atom stereocenters. The summed E-state index contributed by atoms with van der Waals surface area (Å²) in [5.74, 6) is 0.317. The van der Waals surface area contributed by atoms with Crippen molar-refractivity contribution in [1.82, 2.24) is 4.90 Å². The number of amides is 1. The van der Waals surface area contributed by atoms with Gasteiger partial charge in [0.15, 0.2) is 0 Å². The zero-order chi connectivity index (χ0) is 12.5. The Hall–Kier alpha value is -1.12. The third-order valence-electron chi connectivity index (χ3n) is 2.70. The van der Waals surface area contributed by atoms with Crippen molar-refractivity contribution < 1.29 is 4.79 Å². The Morgan fingerprint density at radius 2 is 1.94 bits per heavy atom. The van der Waals surface area contributed by atoms with Crippen LogP contribution in [0.25, 0.3) is 0 Å². The maximum absolute atomic E-state index is 12.2. The summed E-state index contributed by atoms with van der Waals surface area (Å²) in [5.41, 5.74) is 1.69. The van der Waals surface area contributed by atoms with E-state index < -0.39 is 0 Å². The Kier molecular flexibility index (Phi) is 3.56. The first-order valence-corrected chi connectivity index (χ1v) is 5.77. The zero-order valence-corrected chi connectivity index (χ0v) is 11.2. The second kappa shape index (κ2) is 4.40. The predicted molar refractivity (Wildman–Crippen MR) is 67.4 cm³/mol. The van der Waals surface area contributed by atoms with Gasteiger partial charge in [0.25, 0.3) is 5.91 Å². The van der Waals surface area contributed by atoms with Crippen LogP contribution in [-0.4, -0.2) is 30.6 Å². The molecule has 16 heavy (non-hydrogen) atoms. The first kappa shape index (κ1) is 12.9. The topological polar surface area (TPSA) is 32.7 Å². The lowest BCUT2D eigenvalue weighted by molar-refractivity contribution is -0.125. The van der Waals surface area contributed by atoms with Crippen LogP contribution in [0.1, 0.15) is 34.6 Å². The number of nitrogens with zero attached hydrogens (tertiary/aromatic N) is 2. The van der Waals surface area contributed by atoms with E-state index >= 15 is 0 Å². The average Bonchev–Trinajstić information content (AvgIpc) is 2.26. The quantitative estimate of drug-likeness (QED) is 0.671. The van der Waals surface area contributed by atoms with E-state index in [0.717, 1.165) is 11.3 Å². The number of aliphatic imine (C=N–C) groups is 1. The summed E-state index contributed by atoms with van der Waals surface area (Å²) in [7, 11) is 1.82. The highest BCUT2D eigenvalue weighted by atomic mass is 16.2. The summed E-state index contributed by atoms with van der Waals surface area (Å²) < 4.78 is 0. The highest BCUT2D eigenvalue weighted by molar-refractivity contribution is 5.97. The lowest BCUT2D eigenvalue weighted by Gasteiger charge is -2.25. The van der Waals surface area contributed by atoms with Crippen molar-refractivity contribution in [2.24, 2.45) is 16.3 Å². The molecule has 0 saturated heterocycles. The van der Waals surface area contributed by atoms with Gasteiger partial charge < -0.3 is 4.90 Å². The minimum absolute atomic E-state index is 0.0864. The lowest BCUT2D eigenvalue weighted by atomic mass is 9.85. The van der Waals surface area contributed by atoms with E-state index in [4.69, 9.17) is 0 Å². The molecule has 0 spiro atoms. The Balaban J connectivity index is 3.35. The minimum Gasteiger partial charge on any atom is -0.337 e. The van der Waals surface area contributed by atoms with E-state index in [1.54, 1.807) is 4.90 Å². The predicted octanol–water partition coefficient (Wildman–Crippen LogP) is 2.49. The Morgan fingerprint density at radius 3 is 2.38 bits per heavy atom. The van der Waals surface area contributed by atoms with Gasteiger partial charge in [-0.3, -0.25) is 9.79 Å². The molecule has 0 saturated carbocycles. The van der Waals surface area contributed by atoms with Crippen molar-refractivity contribution in [3.05, 3.63) is 11.3 Å². The molecule has 1 rings (SSSR count). The summed E-state index contributed by atoms with van der Waals surface area (Å²) in [4.78, 5) is 18.4. The Labute approximate surface area is 98.2 Å². The molecule has 1 aliphatic rings. The van der Waals surface area contributed by atoms with Crippen molar-refractivity contribution in [2.75, 3.05) is 13.6 Å². The molecule has 0 unspecified atom stereocenters. The Morgan fingerprint density at radius 1 is 1.38 bits per heavy atom. The largest absolute Gasteiger partial charge is 0.337 e. The molecule has 0 radical (unpaired) electrons. The fourth-order valence-electron chi connectivity index (χ4n) is 1.83. The molecule has 0 fully saturated rings. The van der Waals surface area contributed by atoms with E-state index in [2.05, 4.69) is 25.8 Å². The maximum atomic E-state index is 12.2. The molecule has 1 aliphatic heterocycles. The molecule has 3 heteroatoms. The van der Waals surface area contributed by atoms with Crippen molar-refractivity contribution in [1.29, 1.82) is 0 Å². The van der Waals surface area contributed by atoms with Crippen LogP contribution in [0.15, 0.2) is 16.3 Å². The zero-order valence-electron chi connectivity index (χ0n) is 11.2. The third kappa shape index (κ3) is 2.52. The molecule has 90 valence electrons. The first-order valence-electron chi connectivity index (χ1n) is 5.77. The van der Waals surface area contributed by atoms with Gasteiger partial charge in [-0.15, -0.1) is 0 Å². The van der Waals surface area contributed by atoms with Crippen LogP contribution < -0.4 is 0 Å². The van der Waals surface area contributed by atoms with E-state index in [1.165, 1.54) is 0 Å². The molecule has 1 amide bonds. The van der Waals surface area contributed by atoms with Crippen molar-refractivity contribution in [2.45, 2.75) is 34.6 Å². The second-order valence-corrected chi connectivity index (χ2v) is 5.66. The SMILES string of the molecule is CC(C)C1=C(C(C)(C)C)N=CCN(C)C1=O. The van der Waals surface area contributed by atoms with E-state index in [1.807, 2.05) is 27.1 Å². The first-order chi connectivity index (χ1) is 7.25. The van der Waals surface area contributed by atoms with Crippen LogP contribution in [-0.2, 0) is 4.79 Å². The van der Waals surface area contributed by atoms with Gasteiger partial charge in [-0.25, -0.2) is 0 Å². The third-order valence-corrected chi connectivity index (χ3v) is 2.70. The standard InChI is InChI=1S/C13H22N2O/c1-9(2)10-11(13(3,4)5)14-7-8-15(6)12(10)16/h7,9H,8H2,1-6H3. The van der Waals surface area contributed by atoms with Gasteiger partial charge >= 0.3 is 0 Å². The molecule has 0 aromatic carbocycles. The highest BCUT2D eigenvalue weighted by Gasteiger charge is 2.29. The van der Waals surface area contributed by atoms with Crippen molar-refractivity contribution in [3.8, 4) is 0 Å². The van der Waals surface area contributed by atoms with Crippen molar-refractivity contribution >= 4 is 12.1 Å². The van der Waals surface area contributed by atoms with Gasteiger partial charge in [-0.1, -0.05) is 34.6 Å². The smallest absolute Gasteiger partial charge is 0.251 e. The van der Waals surface area contributed by atoms with Gasteiger partial charge in [0.2, 0.25) is 0 Å². The number of hydrogen-bond donors (Lipinski definition) is 0. The fraction of sp³-hybridized carbons (Fsp3) is 0.692. The van der Waals surface area contributed by atoms with Crippen LogP contribution in [0.5, 0.6) is 0 Å². The lowest BCUT2D eigenvalue weighted by Crippen LogP contribution is -2.31. The molecule has 0 N–H and O–H groups in total.